The topological polar surface area (TPSA) is 38.5 Å². The van der Waals surface area contributed by atoms with Gasteiger partial charge in [-0.25, -0.2) is 0 Å². The van der Waals surface area contributed by atoms with Crippen LogP contribution in [-0.2, 0) is 0 Å². The molecule has 1 atom stereocenters. The molecule has 0 unspecified atom stereocenters. The van der Waals surface area contributed by atoms with E-state index in [0.717, 1.165) is 13.0 Å². The Morgan fingerprint density at radius 3 is 2.75 bits per heavy atom. The van der Waals surface area contributed by atoms with Crippen molar-refractivity contribution in [1.82, 2.24) is 0 Å². The average molecular weight is 228 g/mol. The fraction of sp³-hybridized carbons (Fsp3) is 0.455. The van der Waals surface area contributed by atoms with Crippen molar-refractivity contribution in [3.8, 4) is 5.75 Å². The SMILES string of the molecule is N[C@H]1CCN(c2ccccc2OC(F)F)C1. The summed E-state index contributed by atoms with van der Waals surface area (Å²) in [4.78, 5) is 1.97. The van der Waals surface area contributed by atoms with Crippen LogP contribution in [0.2, 0.25) is 0 Å². The van der Waals surface area contributed by atoms with E-state index in [4.69, 9.17) is 5.73 Å². The summed E-state index contributed by atoms with van der Waals surface area (Å²) in [5.41, 5.74) is 6.47. The monoisotopic (exact) mass is 228 g/mol. The highest BCUT2D eigenvalue weighted by Crippen LogP contribution is 2.31. The number of nitrogens with two attached hydrogens (primary N) is 1. The number of halogens is 2. The van der Waals surface area contributed by atoms with Gasteiger partial charge in [0.2, 0.25) is 0 Å². The van der Waals surface area contributed by atoms with Gasteiger partial charge in [-0.05, 0) is 18.6 Å². The van der Waals surface area contributed by atoms with E-state index in [-0.39, 0.29) is 11.8 Å². The van der Waals surface area contributed by atoms with Gasteiger partial charge < -0.3 is 15.4 Å². The molecule has 0 aromatic heterocycles. The minimum atomic E-state index is -2.79. The fourth-order valence-electron chi connectivity index (χ4n) is 1.92. The van der Waals surface area contributed by atoms with Crippen LogP contribution in [0.15, 0.2) is 24.3 Å². The molecule has 0 radical (unpaired) electrons. The molecule has 16 heavy (non-hydrogen) atoms. The van der Waals surface area contributed by atoms with Crippen LogP contribution in [0.3, 0.4) is 0 Å². The number of hydrogen-bond acceptors (Lipinski definition) is 3. The van der Waals surface area contributed by atoms with E-state index in [2.05, 4.69) is 4.74 Å². The predicted molar refractivity (Wildman–Crippen MR) is 57.9 cm³/mol. The normalized spacial score (nSPS) is 20.5. The van der Waals surface area contributed by atoms with Gasteiger partial charge in [0.15, 0.2) is 0 Å². The quantitative estimate of drug-likeness (QED) is 0.857. The number of alkyl halides is 2. The second kappa shape index (κ2) is 4.65. The number of benzene rings is 1. The van der Waals surface area contributed by atoms with Crippen molar-refractivity contribution >= 4 is 5.69 Å². The van der Waals surface area contributed by atoms with Crippen molar-refractivity contribution in [1.29, 1.82) is 0 Å². The Morgan fingerprint density at radius 1 is 1.38 bits per heavy atom. The van der Waals surface area contributed by atoms with Crippen LogP contribution >= 0.6 is 0 Å². The lowest BCUT2D eigenvalue weighted by Crippen LogP contribution is -2.26. The number of anilines is 1. The Kier molecular flexibility index (Phi) is 3.24. The zero-order valence-electron chi connectivity index (χ0n) is 8.77. The largest absolute Gasteiger partial charge is 0.433 e. The Morgan fingerprint density at radius 2 is 2.12 bits per heavy atom. The molecule has 0 amide bonds. The summed E-state index contributed by atoms with van der Waals surface area (Å²) in [6.07, 6.45) is 0.878. The highest BCUT2D eigenvalue weighted by Gasteiger charge is 2.22. The fourth-order valence-corrected chi connectivity index (χ4v) is 1.92. The maximum Gasteiger partial charge on any atom is 0.387 e. The second-order valence-corrected chi connectivity index (χ2v) is 3.84. The highest BCUT2D eigenvalue weighted by atomic mass is 19.3. The molecule has 0 bridgehead atoms. The molecule has 88 valence electrons. The standard InChI is InChI=1S/C11H14F2N2O/c12-11(13)16-10-4-2-1-3-9(10)15-6-5-8(14)7-15/h1-4,8,11H,5-7,14H2/t8-/m0/s1. The predicted octanol–water partition coefficient (Wildman–Crippen LogP) is 1.83. The molecule has 1 aromatic carbocycles. The minimum absolute atomic E-state index is 0.111. The Bertz CT molecular complexity index is 360. The maximum atomic E-state index is 12.2. The third-order valence-corrected chi connectivity index (χ3v) is 2.65. The highest BCUT2D eigenvalue weighted by molar-refractivity contribution is 5.59. The van der Waals surface area contributed by atoms with Gasteiger partial charge in [0.25, 0.3) is 0 Å². The molecule has 0 spiro atoms. The van der Waals surface area contributed by atoms with Crippen molar-refractivity contribution in [2.75, 3.05) is 18.0 Å². The molecule has 1 aromatic rings. The lowest BCUT2D eigenvalue weighted by Gasteiger charge is -2.21. The number of hydrogen-bond donors (Lipinski definition) is 1. The van der Waals surface area contributed by atoms with Gasteiger partial charge in [0.05, 0.1) is 5.69 Å². The maximum absolute atomic E-state index is 12.2. The first kappa shape index (κ1) is 11.1. The third kappa shape index (κ3) is 2.41. The molecule has 5 heteroatoms. The van der Waals surface area contributed by atoms with Gasteiger partial charge in [-0.15, -0.1) is 0 Å². The molecular formula is C11H14F2N2O. The van der Waals surface area contributed by atoms with Crippen LogP contribution in [0, 0.1) is 0 Å². The second-order valence-electron chi connectivity index (χ2n) is 3.84. The number of rotatable bonds is 3. The first-order chi connectivity index (χ1) is 7.66. The summed E-state index contributed by atoms with van der Waals surface area (Å²) in [7, 11) is 0. The van der Waals surface area contributed by atoms with Crippen LogP contribution < -0.4 is 15.4 Å². The lowest BCUT2D eigenvalue weighted by atomic mass is 10.2. The summed E-state index contributed by atoms with van der Waals surface area (Å²) < 4.78 is 28.9. The van der Waals surface area contributed by atoms with Crippen LogP contribution in [0.4, 0.5) is 14.5 Å². The van der Waals surface area contributed by atoms with Gasteiger partial charge in [-0.1, -0.05) is 12.1 Å². The van der Waals surface area contributed by atoms with E-state index in [1.807, 2.05) is 4.90 Å². The summed E-state index contributed by atoms with van der Waals surface area (Å²) in [6.45, 7) is -1.33. The number of ether oxygens (including phenoxy) is 1. The van der Waals surface area contributed by atoms with E-state index in [0.29, 0.717) is 12.2 Å². The van der Waals surface area contributed by atoms with Gasteiger partial charge >= 0.3 is 6.61 Å². The molecule has 1 heterocycles. The summed E-state index contributed by atoms with van der Waals surface area (Å²) in [6, 6.07) is 6.91. The first-order valence-corrected chi connectivity index (χ1v) is 5.21. The molecule has 1 aliphatic rings. The smallest absolute Gasteiger partial charge is 0.387 e. The zero-order valence-corrected chi connectivity index (χ0v) is 8.77. The molecule has 0 saturated carbocycles. The first-order valence-electron chi connectivity index (χ1n) is 5.21. The van der Waals surface area contributed by atoms with Gasteiger partial charge in [0.1, 0.15) is 5.75 Å². The number of nitrogens with zero attached hydrogens (tertiary/aromatic N) is 1. The van der Waals surface area contributed by atoms with E-state index < -0.39 is 6.61 Å². The van der Waals surface area contributed by atoms with Gasteiger partial charge in [-0.2, -0.15) is 8.78 Å². The minimum Gasteiger partial charge on any atom is -0.433 e. The lowest BCUT2D eigenvalue weighted by molar-refractivity contribution is -0.0495. The summed E-state index contributed by atoms with van der Waals surface area (Å²) in [5.74, 6) is 0.214. The van der Waals surface area contributed by atoms with E-state index in [1.165, 1.54) is 0 Å². The molecule has 2 rings (SSSR count). The molecule has 1 saturated heterocycles. The molecule has 0 aliphatic carbocycles. The molecule has 2 N–H and O–H groups in total. The van der Waals surface area contributed by atoms with Crippen molar-refractivity contribution in [2.45, 2.75) is 19.1 Å². The average Bonchev–Trinajstić information content (AvgIpc) is 2.65. The van der Waals surface area contributed by atoms with Crippen LogP contribution in [-0.4, -0.2) is 25.7 Å². The van der Waals surface area contributed by atoms with Gasteiger partial charge in [-0.3, -0.25) is 0 Å². The summed E-state index contributed by atoms with van der Waals surface area (Å²) >= 11 is 0. The van der Waals surface area contributed by atoms with E-state index in [9.17, 15) is 8.78 Å². The molecule has 3 nitrogen and oxygen atoms in total. The molecule has 1 aliphatic heterocycles. The number of para-hydroxylation sites is 2. The Hall–Kier alpha value is -1.36. The van der Waals surface area contributed by atoms with Gasteiger partial charge in [0, 0.05) is 19.1 Å². The van der Waals surface area contributed by atoms with Crippen molar-refractivity contribution in [3.05, 3.63) is 24.3 Å². The molecular weight excluding hydrogens is 214 g/mol. The van der Waals surface area contributed by atoms with Crippen LogP contribution in [0.25, 0.3) is 0 Å². The van der Waals surface area contributed by atoms with E-state index in [1.54, 1.807) is 24.3 Å². The van der Waals surface area contributed by atoms with Crippen LogP contribution in [0.5, 0.6) is 5.75 Å². The van der Waals surface area contributed by atoms with Crippen LogP contribution in [0.1, 0.15) is 6.42 Å². The third-order valence-electron chi connectivity index (χ3n) is 2.65. The zero-order chi connectivity index (χ0) is 11.5. The Balaban J connectivity index is 2.19. The van der Waals surface area contributed by atoms with Crippen molar-refractivity contribution in [3.63, 3.8) is 0 Å². The molecule has 1 fully saturated rings. The Labute approximate surface area is 92.8 Å². The van der Waals surface area contributed by atoms with Crippen molar-refractivity contribution < 1.29 is 13.5 Å². The summed E-state index contributed by atoms with van der Waals surface area (Å²) in [5, 5.41) is 0. The van der Waals surface area contributed by atoms with E-state index >= 15 is 0 Å². The van der Waals surface area contributed by atoms with Crippen molar-refractivity contribution in [2.24, 2.45) is 5.73 Å².